The van der Waals surface area contributed by atoms with Gasteiger partial charge in [0.2, 0.25) is 0 Å². The highest BCUT2D eigenvalue weighted by Gasteiger charge is 2.01. The Labute approximate surface area is 131 Å². The first-order valence-corrected chi connectivity index (χ1v) is 6.98. The molecule has 0 saturated carbocycles. The second kappa shape index (κ2) is 7.74. The van der Waals surface area contributed by atoms with Crippen LogP contribution >= 0.6 is 0 Å². The summed E-state index contributed by atoms with van der Waals surface area (Å²) in [4.78, 5) is 0. The van der Waals surface area contributed by atoms with Gasteiger partial charge in [-0.2, -0.15) is 0 Å². The van der Waals surface area contributed by atoms with Crippen LogP contribution in [0.25, 0.3) is 0 Å². The molecule has 0 bridgehead atoms. The van der Waals surface area contributed by atoms with Crippen molar-refractivity contribution < 1.29 is 9.47 Å². The van der Waals surface area contributed by atoms with E-state index in [-0.39, 0.29) is 0 Å². The molecule has 3 nitrogen and oxygen atoms in total. The van der Waals surface area contributed by atoms with Gasteiger partial charge >= 0.3 is 0 Å². The summed E-state index contributed by atoms with van der Waals surface area (Å²) < 4.78 is 11.6. The fourth-order valence-electron chi connectivity index (χ4n) is 1.81. The number of allylic oxidation sites excluding steroid dienone is 4. The van der Waals surface area contributed by atoms with Gasteiger partial charge in [-0.3, -0.25) is 0 Å². The van der Waals surface area contributed by atoms with Gasteiger partial charge in [-0.1, -0.05) is 24.8 Å². The fraction of sp³-hybridized carbons (Fsp3) is 0.0526. The second-order valence-corrected chi connectivity index (χ2v) is 4.55. The summed E-state index contributed by atoms with van der Waals surface area (Å²) in [7, 11) is 0. The molecule has 0 spiro atoms. The molecular weight excluding hydrogens is 274 g/mol. The molecule has 0 aliphatic rings. The third-order valence-electron chi connectivity index (χ3n) is 2.77. The lowest BCUT2D eigenvalue weighted by Crippen LogP contribution is -1.92. The zero-order chi connectivity index (χ0) is 15.8. The van der Waals surface area contributed by atoms with Crippen molar-refractivity contribution in [2.45, 2.75) is 6.92 Å². The third kappa shape index (κ3) is 4.56. The maximum Gasteiger partial charge on any atom is 0.131 e. The van der Waals surface area contributed by atoms with E-state index in [2.05, 4.69) is 6.58 Å². The largest absolute Gasteiger partial charge is 0.457 e. The number of hydrogen-bond acceptors (Lipinski definition) is 3. The van der Waals surface area contributed by atoms with Gasteiger partial charge < -0.3 is 15.2 Å². The molecule has 0 amide bonds. The van der Waals surface area contributed by atoms with Crippen LogP contribution in [0.1, 0.15) is 6.92 Å². The van der Waals surface area contributed by atoms with Crippen molar-refractivity contribution in [3.8, 4) is 17.2 Å². The van der Waals surface area contributed by atoms with Crippen molar-refractivity contribution in [1.82, 2.24) is 0 Å². The highest BCUT2D eigenvalue weighted by molar-refractivity contribution is 5.44. The minimum absolute atomic E-state index is 0.694. The van der Waals surface area contributed by atoms with Gasteiger partial charge in [0, 0.05) is 11.8 Å². The molecule has 0 heterocycles. The molecule has 0 aliphatic heterocycles. The quantitative estimate of drug-likeness (QED) is 0.458. The first-order valence-electron chi connectivity index (χ1n) is 6.98. The molecular formula is C19H19NO2. The summed E-state index contributed by atoms with van der Waals surface area (Å²) in [6.45, 7) is 5.61. The van der Waals surface area contributed by atoms with Crippen LogP contribution in [0.3, 0.4) is 0 Å². The van der Waals surface area contributed by atoms with E-state index in [1.54, 1.807) is 24.3 Å². The van der Waals surface area contributed by atoms with Gasteiger partial charge in [-0.25, -0.2) is 0 Å². The van der Waals surface area contributed by atoms with Crippen LogP contribution in [0, 0.1) is 0 Å². The number of nitrogens with two attached hydrogens (primary N) is 1. The first kappa shape index (κ1) is 15.4. The van der Waals surface area contributed by atoms with Crippen LogP contribution in [-0.2, 0) is 0 Å². The molecule has 0 aliphatic carbocycles. The molecule has 0 aromatic heterocycles. The zero-order valence-electron chi connectivity index (χ0n) is 12.5. The van der Waals surface area contributed by atoms with Crippen molar-refractivity contribution in [2.24, 2.45) is 0 Å². The van der Waals surface area contributed by atoms with Crippen molar-refractivity contribution >= 4 is 5.69 Å². The number of nitrogen functional groups attached to an aromatic ring is 1. The predicted octanol–water partition coefficient (Wildman–Crippen LogP) is 5.09. The van der Waals surface area contributed by atoms with E-state index in [4.69, 9.17) is 15.2 Å². The van der Waals surface area contributed by atoms with Crippen LogP contribution in [0.4, 0.5) is 5.69 Å². The van der Waals surface area contributed by atoms with Gasteiger partial charge in [0.25, 0.3) is 0 Å². The van der Waals surface area contributed by atoms with Gasteiger partial charge in [-0.05, 0) is 55.5 Å². The molecule has 2 rings (SSSR count). The van der Waals surface area contributed by atoms with Gasteiger partial charge in [0.1, 0.15) is 23.0 Å². The minimum Gasteiger partial charge on any atom is -0.457 e. The van der Waals surface area contributed by atoms with Crippen molar-refractivity contribution in [3.63, 3.8) is 0 Å². The summed E-state index contributed by atoms with van der Waals surface area (Å²) in [6.07, 6.45) is 7.26. The molecule has 22 heavy (non-hydrogen) atoms. The lowest BCUT2D eigenvalue weighted by atomic mass is 10.3. The molecule has 3 heteroatoms. The Hall–Kier alpha value is -2.94. The molecule has 0 radical (unpaired) electrons. The zero-order valence-corrected chi connectivity index (χ0v) is 12.5. The molecule has 2 aromatic carbocycles. The van der Waals surface area contributed by atoms with E-state index in [0.717, 1.165) is 5.75 Å². The summed E-state index contributed by atoms with van der Waals surface area (Å²) >= 11 is 0. The smallest absolute Gasteiger partial charge is 0.131 e. The number of hydrogen-bond donors (Lipinski definition) is 1. The average Bonchev–Trinajstić information content (AvgIpc) is 2.51. The topological polar surface area (TPSA) is 44.5 Å². The molecule has 0 saturated heterocycles. The number of anilines is 1. The fourth-order valence-corrected chi connectivity index (χ4v) is 1.81. The summed E-state index contributed by atoms with van der Waals surface area (Å²) in [6, 6.07) is 14.7. The van der Waals surface area contributed by atoms with Crippen LogP contribution in [0.2, 0.25) is 0 Å². The van der Waals surface area contributed by atoms with Crippen LogP contribution in [0.5, 0.6) is 17.2 Å². The number of ether oxygens (including phenoxy) is 2. The third-order valence-corrected chi connectivity index (χ3v) is 2.77. The lowest BCUT2D eigenvalue weighted by Gasteiger charge is -2.09. The second-order valence-electron chi connectivity index (χ2n) is 4.55. The Morgan fingerprint density at radius 1 is 1.05 bits per heavy atom. The Bertz CT molecular complexity index is 685. The van der Waals surface area contributed by atoms with E-state index >= 15 is 0 Å². The van der Waals surface area contributed by atoms with Crippen molar-refractivity contribution in [2.75, 3.05) is 5.73 Å². The standard InChI is InChI=1S/C19H19NO2/c1-3-6-16(7-4-2)21-18-8-5-9-19(14-18)22-17-12-10-15(20)11-13-17/h3-14H,1,20H2,2H3/b7-4-,16-6+. The Balaban J connectivity index is 2.14. The monoisotopic (exact) mass is 293 g/mol. The van der Waals surface area contributed by atoms with Gasteiger partial charge in [0.05, 0.1) is 0 Å². The van der Waals surface area contributed by atoms with Crippen LogP contribution in [-0.4, -0.2) is 0 Å². The van der Waals surface area contributed by atoms with Gasteiger partial charge in [0.15, 0.2) is 0 Å². The van der Waals surface area contributed by atoms with Crippen molar-refractivity contribution in [3.05, 3.63) is 85.2 Å². The summed E-state index contributed by atoms with van der Waals surface area (Å²) in [5.41, 5.74) is 6.36. The average molecular weight is 293 g/mol. The highest BCUT2D eigenvalue weighted by atomic mass is 16.5. The molecule has 0 atom stereocenters. The van der Waals surface area contributed by atoms with E-state index < -0.39 is 0 Å². The van der Waals surface area contributed by atoms with E-state index in [0.29, 0.717) is 22.9 Å². The molecule has 2 aromatic rings. The Morgan fingerprint density at radius 3 is 2.45 bits per heavy atom. The van der Waals surface area contributed by atoms with E-state index in [1.165, 1.54) is 0 Å². The maximum absolute atomic E-state index is 5.80. The summed E-state index contributed by atoms with van der Waals surface area (Å²) in [5, 5.41) is 0. The van der Waals surface area contributed by atoms with E-state index in [9.17, 15) is 0 Å². The van der Waals surface area contributed by atoms with Gasteiger partial charge in [-0.15, -0.1) is 0 Å². The highest BCUT2D eigenvalue weighted by Crippen LogP contribution is 2.26. The Morgan fingerprint density at radius 2 is 1.77 bits per heavy atom. The molecule has 0 fully saturated rings. The molecule has 112 valence electrons. The maximum atomic E-state index is 5.80. The first-order chi connectivity index (χ1) is 10.7. The van der Waals surface area contributed by atoms with E-state index in [1.807, 2.05) is 55.5 Å². The van der Waals surface area contributed by atoms with Crippen LogP contribution < -0.4 is 15.2 Å². The SMILES string of the molecule is C=C/C=C(\C=C/C)Oc1cccc(Oc2ccc(N)cc2)c1. The summed E-state index contributed by atoms with van der Waals surface area (Å²) in [5.74, 6) is 2.82. The van der Waals surface area contributed by atoms with Crippen LogP contribution in [0.15, 0.2) is 85.2 Å². The Kier molecular flexibility index (Phi) is 5.44. The molecule has 2 N–H and O–H groups in total. The number of benzene rings is 2. The van der Waals surface area contributed by atoms with Crippen molar-refractivity contribution in [1.29, 1.82) is 0 Å². The number of rotatable bonds is 6. The predicted molar refractivity (Wildman–Crippen MR) is 91.1 cm³/mol. The normalized spacial score (nSPS) is 11.4. The lowest BCUT2D eigenvalue weighted by molar-refractivity contribution is 0.435. The molecule has 0 unspecified atom stereocenters. The minimum atomic E-state index is 0.694.